The Morgan fingerprint density at radius 2 is 1.96 bits per heavy atom. The molecule has 0 spiro atoms. The lowest BCUT2D eigenvalue weighted by Crippen LogP contribution is -2.33. The number of nitrogens with one attached hydrogen (secondary N) is 1. The van der Waals surface area contributed by atoms with Crippen molar-refractivity contribution in [1.29, 1.82) is 0 Å². The Morgan fingerprint density at radius 1 is 1.15 bits per heavy atom. The molecule has 4 heterocycles. The third kappa shape index (κ3) is 3.76. The van der Waals surface area contributed by atoms with E-state index in [0.29, 0.717) is 5.92 Å². The molecule has 1 aliphatic rings. The van der Waals surface area contributed by atoms with E-state index >= 15 is 0 Å². The van der Waals surface area contributed by atoms with Gasteiger partial charge in [-0.15, -0.1) is 11.3 Å². The summed E-state index contributed by atoms with van der Waals surface area (Å²) < 4.78 is 2.09. The number of rotatable bonds is 5. The maximum absolute atomic E-state index is 4.64. The Balaban J connectivity index is 1.42. The van der Waals surface area contributed by atoms with Crippen molar-refractivity contribution < 1.29 is 0 Å². The first kappa shape index (κ1) is 17.1. The molecule has 4 rings (SSSR count). The first-order chi connectivity index (χ1) is 12.7. The van der Waals surface area contributed by atoms with Crippen LogP contribution in [-0.2, 0) is 13.6 Å². The van der Waals surface area contributed by atoms with Crippen LogP contribution in [0.5, 0.6) is 0 Å². The fourth-order valence-corrected chi connectivity index (χ4v) is 4.06. The summed E-state index contributed by atoms with van der Waals surface area (Å²) in [5.41, 5.74) is 2.07. The zero-order valence-electron chi connectivity index (χ0n) is 15.1. The Kier molecular flexibility index (Phi) is 4.94. The number of likely N-dealkylation sites (tertiary alicyclic amines) is 1. The average molecular weight is 369 g/mol. The number of aromatic nitrogens is 5. The van der Waals surface area contributed by atoms with Gasteiger partial charge in [0.25, 0.3) is 0 Å². The van der Waals surface area contributed by atoms with Gasteiger partial charge in [-0.1, -0.05) is 0 Å². The smallest absolute Gasteiger partial charge is 0.188 e. The van der Waals surface area contributed by atoms with E-state index < -0.39 is 0 Å². The molecular formula is C18H23N7S. The van der Waals surface area contributed by atoms with Crippen LogP contribution >= 0.6 is 11.3 Å². The highest BCUT2D eigenvalue weighted by molar-refractivity contribution is 7.13. The molecule has 136 valence electrons. The van der Waals surface area contributed by atoms with Gasteiger partial charge in [0.2, 0.25) is 0 Å². The van der Waals surface area contributed by atoms with Crippen molar-refractivity contribution in [2.45, 2.75) is 32.2 Å². The highest BCUT2D eigenvalue weighted by Crippen LogP contribution is 2.32. The molecule has 1 fully saturated rings. The molecule has 8 heteroatoms. The number of nitrogens with zero attached hydrogens (tertiary/aromatic N) is 6. The predicted molar refractivity (Wildman–Crippen MR) is 103 cm³/mol. The van der Waals surface area contributed by atoms with Crippen LogP contribution in [0.25, 0.3) is 0 Å². The summed E-state index contributed by atoms with van der Waals surface area (Å²) >= 11 is 1.60. The van der Waals surface area contributed by atoms with Gasteiger partial charge in [0, 0.05) is 43.1 Å². The largest absolute Gasteiger partial charge is 0.337 e. The van der Waals surface area contributed by atoms with E-state index in [0.717, 1.165) is 60.6 Å². The normalized spacial score (nSPS) is 16.1. The fraction of sp³-hybridized carbons (Fsp3) is 0.444. The number of aryl methyl sites for hydroxylation is 2. The van der Waals surface area contributed by atoms with Crippen molar-refractivity contribution in [2.75, 3.05) is 18.4 Å². The van der Waals surface area contributed by atoms with Crippen molar-refractivity contribution in [3.63, 3.8) is 0 Å². The summed E-state index contributed by atoms with van der Waals surface area (Å²) in [6, 6.07) is 0. The minimum atomic E-state index is 0.421. The van der Waals surface area contributed by atoms with Gasteiger partial charge in [-0.05, 0) is 32.9 Å². The van der Waals surface area contributed by atoms with Crippen LogP contribution in [0.2, 0.25) is 0 Å². The Morgan fingerprint density at radius 3 is 2.65 bits per heavy atom. The van der Waals surface area contributed by atoms with Crippen molar-refractivity contribution in [2.24, 2.45) is 7.05 Å². The monoisotopic (exact) mass is 369 g/mol. The van der Waals surface area contributed by atoms with Gasteiger partial charge in [-0.2, -0.15) is 0 Å². The van der Waals surface area contributed by atoms with E-state index in [4.69, 9.17) is 0 Å². The van der Waals surface area contributed by atoms with Crippen LogP contribution < -0.4 is 5.32 Å². The minimum absolute atomic E-state index is 0.421. The molecule has 1 saturated heterocycles. The molecule has 0 atom stereocenters. The Hall–Kier alpha value is -2.32. The third-order valence-electron chi connectivity index (χ3n) is 4.83. The van der Waals surface area contributed by atoms with E-state index in [1.165, 1.54) is 0 Å². The first-order valence-electron chi connectivity index (χ1n) is 8.87. The van der Waals surface area contributed by atoms with Crippen LogP contribution in [0.3, 0.4) is 0 Å². The number of imidazole rings is 1. The maximum Gasteiger partial charge on any atom is 0.188 e. The molecular weight excluding hydrogens is 346 g/mol. The average Bonchev–Trinajstić information content (AvgIpc) is 3.25. The zero-order valence-corrected chi connectivity index (χ0v) is 15.9. The quantitative estimate of drug-likeness (QED) is 0.745. The summed E-state index contributed by atoms with van der Waals surface area (Å²) in [4.78, 5) is 20.5. The molecule has 0 amide bonds. The summed E-state index contributed by atoms with van der Waals surface area (Å²) in [7, 11) is 2.05. The summed E-state index contributed by atoms with van der Waals surface area (Å²) in [6.45, 7) is 4.99. The molecule has 3 aromatic rings. The molecule has 0 aliphatic carbocycles. The molecule has 0 unspecified atom stereocenters. The standard InChI is InChI=1S/C18H23N7S/c1-13-12-26-18(22-13)23-17-16(20-5-6-21-17)14-3-8-25(9-4-14)11-15-19-7-10-24(15)2/h5-7,10,12,14H,3-4,8-9,11H2,1-2H3,(H,21,22,23). The molecule has 1 N–H and O–H groups in total. The summed E-state index contributed by atoms with van der Waals surface area (Å²) in [5.74, 6) is 2.37. The van der Waals surface area contributed by atoms with Crippen molar-refractivity contribution in [1.82, 2.24) is 29.4 Å². The van der Waals surface area contributed by atoms with Crippen molar-refractivity contribution in [3.05, 3.63) is 47.4 Å². The van der Waals surface area contributed by atoms with E-state index in [-0.39, 0.29) is 0 Å². The van der Waals surface area contributed by atoms with Gasteiger partial charge in [0.1, 0.15) is 5.82 Å². The Labute approximate surface area is 157 Å². The van der Waals surface area contributed by atoms with Crippen molar-refractivity contribution >= 4 is 22.3 Å². The number of hydrogen-bond acceptors (Lipinski definition) is 7. The van der Waals surface area contributed by atoms with Gasteiger partial charge in [0.15, 0.2) is 10.9 Å². The number of thiazole rings is 1. The van der Waals surface area contributed by atoms with E-state index in [1.807, 2.05) is 31.7 Å². The number of anilines is 2. The van der Waals surface area contributed by atoms with Gasteiger partial charge in [0.05, 0.1) is 17.9 Å². The minimum Gasteiger partial charge on any atom is -0.337 e. The molecule has 0 saturated carbocycles. The third-order valence-corrected chi connectivity index (χ3v) is 5.71. The van der Waals surface area contributed by atoms with E-state index in [1.54, 1.807) is 23.7 Å². The van der Waals surface area contributed by atoms with E-state index in [9.17, 15) is 0 Å². The lowest BCUT2D eigenvalue weighted by Gasteiger charge is -2.31. The second kappa shape index (κ2) is 7.51. The van der Waals surface area contributed by atoms with Crippen LogP contribution in [0.1, 0.15) is 36.0 Å². The van der Waals surface area contributed by atoms with Crippen molar-refractivity contribution in [3.8, 4) is 0 Å². The highest BCUT2D eigenvalue weighted by Gasteiger charge is 2.25. The molecule has 0 radical (unpaired) electrons. The summed E-state index contributed by atoms with van der Waals surface area (Å²) in [5, 5.41) is 6.26. The molecule has 1 aliphatic heterocycles. The highest BCUT2D eigenvalue weighted by atomic mass is 32.1. The predicted octanol–water partition coefficient (Wildman–Crippen LogP) is 3.10. The molecule has 7 nitrogen and oxygen atoms in total. The topological polar surface area (TPSA) is 71.8 Å². The van der Waals surface area contributed by atoms with Gasteiger partial charge in [-0.25, -0.2) is 15.0 Å². The van der Waals surface area contributed by atoms with Crippen LogP contribution in [0.4, 0.5) is 10.9 Å². The lowest BCUT2D eigenvalue weighted by molar-refractivity contribution is 0.197. The second-order valence-electron chi connectivity index (χ2n) is 6.71. The molecule has 0 aromatic carbocycles. The second-order valence-corrected chi connectivity index (χ2v) is 7.57. The number of piperidine rings is 1. The number of hydrogen-bond donors (Lipinski definition) is 1. The van der Waals surface area contributed by atoms with Crippen LogP contribution in [0, 0.1) is 6.92 Å². The summed E-state index contributed by atoms with van der Waals surface area (Å²) in [6.07, 6.45) is 9.54. The molecule has 26 heavy (non-hydrogen) atoms. The van der Waals surface area contributed by atoms with Gasteiger partial charge < -0.3 is 9.88 Å². The lowest BCUT2D eigenvalue weighted by atomic mass is 9.93. The SMILES string of the molecule is Cc1csc(Nc2nccnc2C2CCN(Cc3nccn3C)CC2)n1. The van der Waals surface area contributed by atoms with Crippen LogP contribution in [0.15, 0.2) is 30.2 Å². The zero-order chi connectivity index (χ0) is 17.9. The fourth-order valence-electron chi connectivity index (χ4n) is 3.37. The van der Waals surface area contributed by atoms with Gasteiger partial charge >= 0.3 is 0 Å². The maximum atomic E-state index is 4.64. The molecule has 0 bridgehead atoms. The Bertz CT molecular complexity index is 864. The van der Waals surface area contributed by atoms with E-state index in [2.05, 4.69) is 34.7 Å². The first-order valence-corrected chi connectivity index (χ1v) is 9.75. The van der Waals surface area contributed by atoms with Crippen LogP contribution in [-0.4, -0.2) is 42.5 Å². The van der Waals surface area contributed by atoms with Gasteiger partial charge in [-0.3, -0.25) is 9.88 Å². The molecule has 3 aromatic heterocycles.